The van der Waals surface area contributed by atoms with Crippen LogP contribution in [0.25, 0.3) is 0 Å². The molecule has 1 aliphatic rings. The second-order valence-corrected chi connectivity index (χ2v) is 5.58. The first-order chi connectivity index (χ1) is 11.1. The van der Waals surface area contributed by atoms with Gasteiger partial charge >= 0.3 is 5.97 Å². The highest BCUT2D eigenvalue weighted by atomic mass is 16.6. The second-order valence-electron chi connectivity index (χ2n) is 5.58. The van der Waals surface area contributed by atoms with Gasteiger partial charge in [-0.25, -0.2) is 4.79 Å². The number of methoxy groups -OCH3 is 2. The molecule has 0 unspecified atom stereocenters. The molecular weight excluding hydrogens is 302 g/mol. The van der Waals surface area contributed by atoms with Crippen LogP contribution in [0.15, 0.2) is 12.1 Å². The van der Waals surface area contributed by atoms with E-state index in [1.54, 1.807) is 0 Å². The maximum atomic E-state index is 12.3. The predicted octanol–water partition coefficient (Wildman–Crippen LogP) is 3.35. The van der Waals surface area contributed by atoms with E-state index in [0.717, 1.165) is 25.7 Å². The van der Waals surface area contributed by atoms with Gasteiger partial charge in [-0.3, -0.25) is 10.1 Å². The molecule has 126 valence electrons. The van der Waals surface area contributed by atoms with Crippen molar-refractivity contribution in [1.29, 1.82) is 0 Å². The summed E-state index contributed by atoms with van der Waals surface area (Å²) in [6.07, 6.45) is 5.55. The largest absolute Gasteiger partial charge is 0.493 e. The Bertz CT molecular complexity index is 580. The number of carbonyl (C=O) groups excluding carboxylic acids is 1. The lowest BCUT2D eigenvalue weighted by molar-refractivity contribution is -0.385. The van der Waals surface area contributed by atoms with E-state index < -0.39 is 10.9 Å². The number of ether oxygens (including phenoxy) is 3. The Hall–Kier alpha value is -2.31. The monoisotopic (exact) mass is 323 g/mol. The SMILES string of the molecule is COc1cc(C(=O)OCC2CCCCC2)c([N+](=O)[O-])cc1OC. The highest BCUT2D eigenvalue weighted by Gasteiger charge is 2.26. The summed E-state index contributed by atoms with van der Waals surface area (Å²) >= 11 is 0. The molecule has 1 fully saturated rings. The Morgan fingerprint density at radius 1 is 1.17 bits per heavy atom. The summed E-state index contributed by atoms with van der Waals surface area (Å²) in [5.74, 6) is 0.0841. The van der Waals surface area contributed by atoms with Gasteiger partial charge in [-0.2, -0.15) is 0 Å². The van der Waals surface area contributed by atoms with Crippen LogP contribution in [0.5, 0.6) is 11.5 Å². The van der Waals surface area contributed by atoms with Crippen molar-refractivity contribution in [3.05, 3.63) is 27.8 Å². The first-order valence-corrected chi connectivity index (χ1v) is 7.64. The number of carbonyl (C=O) groups is 1. The van der Waals surface area contributed by atoms with Crippen molar-refractivity contribution in [2.75, 3.05) is 20.8 Å². The van der Waals surface area contributed by atoms with Crippen molar-refractivity contribution in [1.82, 2.24) is 0 Å². The highest BCUT2D eigenvalue weighted by Crippen LogP contribution is 2.35. The minimum Gasteiger partial charge on any atom is -0.493 e. The molecule has 0 aliphatic heterocycles. The minimum absolute atomic E-state index is 0.122. The smallest absolute Gasteiger partial charge is 0.345 e. The lowest BCUT2D eigenvalue weighted by Gasteiger charge is -2.21. The van der Waals surface area contributed by atoms with Gasteiger partial charge < -0.3 is 14.2 Å². The molecule has 7 heteroatoms. The third-order valence-electron chi connectivity index (χ3n) is 4.09. The molecule has 23 heavy (non-hydrogen) atoms. The fraction of sp³-hybridized carbons (Fsp3) is 0.562. The number of benzene rings is 1. The number of nitrogens with zero attached hydrogens (tertiary/aromatic N) is 1. The van der Waals surface area contributed by atoms with Gasteiger partial charge in [-0.1, -0.05) is 19.3 Å². The molecule has 0 atom stereocenters. The molecule has 1 aromatic rings. The lowest BCUT2D eigenvalue weighted by Crippen LogP contribution is -2.17. The third kappa shape index (κ3) is 4.12. The Morgan fingerprint density at radius 2 is 1.78 bits per heavy atom. The quantitative estimate of drug-likeness (QED) is 0.453. The average Bonchev–Trinajstić information content (AvgIpc) is 2.59. The molecule has 0 aromatic heterocycles. The van der Waals surface area contributed by atoms with Gasteiger partial charge in [-0.05, 0) is 18.8 Å². The van der Waals surface area contributed by atoms with Crippen molar-refractivity contribution in [3.8, 4) is 11.5 Å². The van der Waals surface area contributed by atoms with Crippen LogP contribution in [-0.4, -0.2) is 31.7 Å². The summed E-state index contributed by atoms with van der Waals surface area (Å²) in [6.45, 7) is 0.296. The summed E-state index contributed by atoms with van der Waals surface area (Å²) < 4.78 is 15.4. The van der Waals surface area contributed by atoms with Crippen molar-refractivity contribution in [2.45, 2.75) is 32.1 Å². The van der Waals surface area contributed by atoms with E-state index in [2.05, 4.69) is 0 Å². The van der Waals surface area contributed by atoms with Crippen LogP contribution < -0.4 is 9.47 Å². The van der Waals surface area contributed by atoms with Crippen molar-refractivity contribution in [2.24, 2.45) is 5.92 Å². The Morgan fingerprint density at radius 3 is 2.35 bits per heavy atom. The standard InChI is InChI=1S/C16H21NO6/c1-21-14-8-12(13(17(19)20)9-15(14)22-2)16(18)23-10-11-6-4-3-5-7-11/h8-9,11H,3-7,10H2,1-2H3. The molecule has 0 radical (unpaired) electrons. The van der Waals surface area contributed by atoms with Gasteiger partial charge in [0, 0.05) is 6.07 Å². The number of esters is 1. The molecule has 0 saturated heterocycles. The molecule has 0 bridgehead atoms. The summed E-state index contributed by atoms with van der Waals surface area (Å²) in [7, 11) is 2.78. The molecule has 7 nitrogen and oxygen atoms in total. The number of hydrogen-bond donors (Lipinski definition) is 0. The van der Waals surface area contributed by atoms with Crippen LogP contribution in [0.3, 0.4) is 0 Å². The highest BCUT2D eigenvalue weighted by molar-refractivity contribution is 5.95. The van der Waals surface area contributed by atoms with Gasteiger partial charge in [-0.15, -0.1) is 0 Å². The maximum Gasteiger partial charge on any atom is 0.345 e. The van der Waals surface area contributed by atoms with Crippen LogP contribution in [0.1, 0.15) is 42.5 Å². The van der Waals surface area contributed by atoms with Crippen molar-refractivity contribution in [3.63, 3.8) is 0 Å². The molecule has 0 N–H and O–H groups in total. The van der Waals surface area contributed by atoms with E-state index in [4.69, 9.17) is 14.2 Å². The summed E-state index contributed by atoms with van der Waals surface area (Å²) in [6, 6.07) is 2.47. The first-order valence-electron chi connectivity index (χ1n) is 7.64. The molecule has 1 saturated carbocycles. The van der Waals surface area contributed by atoms with E-state index in [1.807, 2.05) is 0 Å². The summed E-state index contributed by atoms with van der Waals surface area (Å²) in [5, 5.41) is 11.2. The number of hydrogen-bond acceptors (Lipinski definition) is 6. The van der Waals surface area contributed by atoms with Gasteiger partial charge in [0.1, 0.15) is 5.56 Å². The zero-order valence-corrected chi connectivity index (χ0v) is 13.4. The Labute approximate surface area is 134 Å². The van der Waals surface area contributed by atoms with Gasteiger partial charge in [0.2, 0.25) is 0 Å². The van der Waals surface area contributed by atoms with E-state index >= 15 is 0 Å². The van der Waals surface area contributed by atoms with Gasteiger partial charge in [0.15, 0.2) is 11.5 Å². The molecule has 0 spiro atoms. The molecule has 0 heterocycles. The predicted molar refractivity (Wildman–Crippen MR) is 83.1 cm³/mol. The normalized spacial score (nSPS) is 15.0. The molecule has 2 rings (SSSR count). The minimum atomic E-state index is -0.705. The number of rotatable bonds is 6. The van der Waals surface area contributed by atoms with Crippen LogP contribution in [-0.2, 0) is 4.74 Å². The Kier molecular flexibility index (Phi) is 5.78. The molecule has 0 amide bonds. The van der Waals surface area contributed by atoms with E-state index in [9.17, 15) is 14.9 Å². The van der Waals surface area contributed by atoms with Crippen LogP contribution in [0.4, 0.5) is 5.69 Å². The Balaban J connectivity index is 2.18. The van der Waals surface area contributed by atoms with Crippen molar-refractivity contribution < 1.29 is 23.9 Å². The van der Waals surface area contributed by atoms with Gasteiger partial charge in [0.05, 0.1) is 31.8 Å². The zero-order chi connectivity index (χ0) is 16.8. The zero-order valence-electron chi connectivity index (χ0n) is 13.4. The van der Waals surface area contributed by atoms with E-state index in [0.29, 0.717) is 12.5 Å². The summed E-state index contributed by atoms with van der Waals surface area (Å²) in [5.41, 5.74) is -0.472. The van der Waals surface area contributed by atoms with Crippen LogP contribution in [0.2, 0.25) is 0 Å². The van der Waals surface area contributed by atoms with Crippen LogP contribution in [0, 0.1) is 16.0 Å². The van der Waals surface area contributed by atoms with Crippen LogP contribution >= 0.6 is 0 Å². The second kappa shape index (κ2) is 7.80. The fourth-order valence-electron chi connectivity index (χ4n) is 2.81. The molecular formula is C16H21NO6. The van der Waals surface area contributed by atoms with E-state index in [1.165, 1.54) is 32.8 Å². The lowest BCUT2D eigenvalue weighted by atomic mass is 9.90. The average molecular weight is 323 g/mol. The van der Waals surface area contributed by atoms with E-state index in [-0.39, 0.29) is 22.7 Å². The topological polar surface area (TPSA) is 87.9 Å². The number of nitro benzene ring substituents is 1. The third-order valence-corrected chi connectivity index (χ3v) is 4.09. The number of nitro groups is 1. The summed E-state index contributed by atoms with van der Waals surface area (Å²) in [4.78, 5) is 22.8. The van der Waals surface area contributed by atoms with Gasteiger partial charge in [0.25, 0.3) is 5.69 Å². The first kappa shape index (κ1) is 17.1. The molecule has 1 aliphatic carbocycles. The fourth-order valence-corrected chi connectivity index (χ4v) is 2.81. The molecule has 1 aromatic carbocycles. The maximum absolute atomic E-state index is 12.3. The van der Waals surface area contributed by atoms with Crippen molar-refractivity contribution >= 4 is 11.7 Å².